The van der Waals surface area contributed by atoms with Gasteiger partial charge in [0, 0.05) is 12.2 Å². The van der Waals surface area contributed by atoms with Gasteiger partial charge in [0.2, 0.25) is 0 Å². The molecule has 0 amide bonds. The molecule has 0 aliphatic heterocycles. The van der Waals surface area contributed by atoms with Crippen molar-refractivity contribution in [3.8, 4) is 0 Å². The second-order valence-corrected chi connectivity index (χ2v) is 5.16. The Bertz CT molecular complexity index is 793. The van der Waals surface area contributed by atoms with Crippen molar-refractivity contribution in [1.29, 1.82) is 0 Å². The number of methoxy groups -OCH3 is 2. The Labute approximate surface area is 143 Å². The van der Waals surface area contributed by atoms with Gasteiger partial charge in [-0.2, -0.15) is 0 Å². The van der Waals surface area contributed by atoms with Crippen molar-refractivity contribution in [2.45, 2.75) is 6.42 Å². The van der Waals surface area contributed by atoms with Gasteiger partial charge in [0.15, 0.2) is 0 Å². The average Bonchev–Trinajstić information content (AvgIpc) is 2.63. The fraction of sp³-hybridized carbons (Fsp3) is 0.222. The van der Waals surface area contributed by atoms with Crippen LogP contribution in [0.15, 0.2) is 36.4 Å². The van der Waals surface area contributed by atoms with E-state index in [1.165, 1.54) is 26.4 Å². The fourth-order valence-corrected chi connectivity index (χ4v) is 2.30. The topological polar surface area (TPSA) is 64.6 Å². The molecular weight excluding hydrogens is 332 g/mol. The highest BCUT2D eigenvalue weighted by Gasteiger charge is 2.18. The maximum atomic E-state index is 13.6. The van der Waals surface area contributed by atoms with Crippen LogP contribution in [0.2, 0.25) is 0 Å². The van der Waals surface area contributed by atoms with Crippen molar-refractivity contribution in [3.05, 3.63) is 64.7 Å². The maximum absolute atomic E-state index is 13.6. The lowest BCUT2D eigenvalue weighted by Crippen LogP contribution is -2.13. The molecule has 132 valence electrons. The van der Waals surface area contributed by atoms with Crippen LogP contribution in [0.3, 0.4) is 0 Å². The first-order chi connectivity index (χ1) is 12.0. The van der Waals surface area contributed by atoms with Crippen LogP contribution >= 0.6 is 0 Å². The number of carbonyl (C=O) groups is 2. The highest BCUT2D eigenvalue weighted by Crippen LogP contribution is 2.18. The molecule has 0 spiro atoms. The van der Waals surface area contributed by atoms with Crippen LogP contribution in [0.1, 0.15) is 26.3 Å². The van der Waals surface area contributed by atoms with E-state index < -0.39 is 23.6 Å². The number of hydrogen-bond acceptors (Lipinski definition) is 5. The van der Waals surface area contributed by atoms with Gasteiger partial charge in [-0.15, -0.1) is 0 Å². The van der Waals surface area contributed by atoms with E-state index in [2.05, 4.69) is 14.8 Å². The van der Waals surface area contributed by atoms with E-state index in [0.29, 0.717) is 12.2 Å². The Balaban J connectivity index is 2.13. The third-order valence-electron chi connectivity index (χ3n) is 3.56. The summed E-state index contributed by atoms with van der Waals surface area (Å²) in [5, 5.41) is 2.99. The first kappa shape index (κ1) is 18.4. The Morgan fingerprint density at radius 3 is 2.32 bits per heavy atom. The molecule has 0 heterocycles. The van der Waals surface area contributed by atoms with E-state index in [1.807, 2.05) is 0 Å². The molecule has 0 radical (unpaired) electrons. The summed E-state index contributed by atoms with van der Waals surface area (Å²) in [5.74, 6) is -2.33. The summed E-state index contributed by atoms with van der Waals surface area (Å²) in [4.78, 5) is 23.5. The fourth-order valence-electron chi connectivity index (χ4n) is 2.30. The quantitative estimate of drug-likeness (QED) is 0.812. The lowest BCUT2D eigenvalue weighted by molar-refractivity contribution is 0.0555. The molecule has 7 heteroatoms. The zero-order chi connectivity index (χ0) is 18.4. The third kappa shape index (κ3) is 4.53. The van der Waals surface area contributed by atoms with Gasteiger partial charge in [-0.3, -0.25) is 0 Å². The molecule has 2 aromatic carbocycles. The Kier molecular flexibility index (Phi) is 6.05. The van der Waals surface area contributed by atoms with Crippen LogP contribution in [0.25, 0.3) is 0 Å². The van der Waals surface area contributed by atoms with E-state index >= 15 is 0 Å². The predicted octanol–water partition coefficient (Wildman–Crippen LogP) is 3.19. The Hall–Kier alpha value is -2.96. The number of anilines is 1. The zero-order valence-corrected chi connectivity index (χ0v) is 13.8. The van der Waals surface area contributed by atoms with Crippen LogP contribution in [0.5, 0.6) is 0 Å². The van der Waals surface area contributed by atoms with Crippen molar-refractivity contribution in [3.63, 3.8) is 0 Å². The average molecular weight is 349 g/mol. The van der Waals surface area contributed by atoms with Crippen LogP contribution in [-0.4, -0.2) is 32.7 Å². The first-order valence-corrected chi connectivity index (χ1v) is 7.44. The van der Waals surface area contributed by atoms with E-state index in [1.54, 1.807) is 6.07 Å². The smallest absolute Gasteiger partial charge is 0.338 e. The number of esters is 2. The van der Waals surface area contributed by atoms with Gasteiger partial charge in [-0.05, 0) is 48.4 Å². The monoisotopic (exact) mass is 349 g/mol. The minimum atomic E-state index is -0.680. The number of ether oxygens (including phenoxy) is 2. The number of hydrogen-bond donors (Lipinski definition) is 1. The summed E-state index contributed by atoms with van der Waals surface area (Å²) in [7, 11) is 2.42. The zero-order valence-electron chi connectivity index (χ0n) is 13.8. The minimum absolute atomic E-state index is 0.0521. The molecule has 0 bridgehead atoms. The van der Waals surface area contributed by atoms with Crippen LogP contribution < -0.4 is 5.32 Å². The number of nitrogens with one attached hydrogen (secondary N) is 1. The molecule has 0 saturated heterocycles. The predicted molar refractivity (Wildman–Crippen MR) is 87.7 cm³/mol. The molecule has 1 N–H and O–H groups in total. The standard InChI is InChI=1S/C18H17F2NO4/c1-24-17(22)14-5-4-13(10-15(14)18(23)25-2)21-8-7-11-9-12(19)3-6-16(11)20/h3-6,9-10,21H,7-8H2,1-2H3. The number of carbonyl (C=O) groups excluding carboxylic acids is 2. The van der Waals surface area contributed by atoms with Gasteiger partial charge >= 0.3 is 11.9 Å². The van der Waals surface area contributed by atoms with Gasteiger partial charge in [0.05, 0.1) is 25.3 Å². The second kappa shape index (κ2) is 8.23. The van der Waals surface area contributed by atoms with Crippen molar-refractivity contribution in [2.24, 2.45) is 0 Å². The summed E-state index contributed by atoms with van der Waals surface area (Å²) in [6, 6.07) is 7.73. The van der Waals surface area contributed by atoms with E-state index in [9.17, 15) is 18.4 Å². The number of halogens is 2. The molecule has 25 heavy (non-hydrogen) atoms. The van der Waals surface area contributed by atoms with E-state index in [4.69, 9.17) is 0 Å². The molecule has 5 nitrogen and oxygen atoms in total. The third-order valence-corrected chi connectivity index (χ3v) is 3.56. The van der Waals surface area contributed by atoms with E-state index in [-0.39, 0.29) is 23.1 Å². The largest absolute Gasteiger partial charge is 0.465 e. The Morgan fingerprint density at radius 2 is 1.64 bits per heavy atom. The van der Waals surface area contributed by atoms with Crippen LogP contribution in [-0.2, 0) is 15.9 Å². The summed E-state index contributed by atoms with van der Waals surface area (Å²) in [6.45, 7) is 0.304. The summed E-state index contributed by atoms with van der Waals surface area (Å²) < 4.78 is 36.0. The highest BCUT2D eigenvalue weighted by atomic mass is 19.1. The van der Waals surface area contributed by atoms with Crippen LogP contribution in [0, 0.1) is 11.6 Å². The first-order valence-electron chi connectivity index (χ1n) is 7.44. The highest BCUT2D eigenvalue weighted by molar-refractivity contribution is 6.03. The van der Waals surface area contributed by atoms with Crippen molar-refractivity contribution in [1.82, 2.24) is 0 Å². The number of benzene rings is 2. The van der Waals surface area contributed by atoms with E-state index in [0.717, 1.165) is 18.2 Å². The molecule has 0 aliphatic carbocycles. The lowest BCUT2D eigenvalue weighted by atomic mass is 10.1. The normalized spacial score (nSPS) is 10.2. The molecule has 0 saturated carbocycles. The van der Waals surface area contributed by atoms with Gasteiger partial charge in [0.1, 0.15) is 11.6 Å². The maximum Gasteiger partial charge on any atom is 0.338 e. The summed E-state index contributed by atoms with van der Waals surface area (Å²) >= 11 is 0. The van der Waals surface area contributed by atoms with Crippen molar-refractivity contribution in [2.75, 3.05) is 26.1 Å². The molecule has 0 atom stereocenters. The molecule has 0 unspecified atom stereocenters. The second-order valence-electron chi connectivity index (χ2n) is 5.16. The molecule has 2 aromatic rings. The van der Waals surface area contributed by atoms with Gasteiger partial charge < -0.3 is 14.8 Å². The molecule has 2 rings (SSSR count). The molecular formula is C18H17F2NO4. The summed E-state index contributed by atoms with van der Waals surface area (Å²) in [6.07, 6.45) is 0.246. The molecule has 0 aliphatic rings. The Morgan fingerprint density at radius 1 is 0.960 bits per heavy atom. The van der Waals surface area contributed by atoms with Crippen molar-refractivity contribution >= 4 is 17.6 Å². The lowest BCUT2D eigenvalue weighted by Gasteiger charge is -2.11. The minimum Gasteiger partial charge on any atom is -0.465 e. The number of rotatable bonds is 6. The van der Waals surface area contributed by atoms with Gasteiger partial charge in [-0.25, -0.2) is 18.4 Å². The van der Waals surface area contributed by atoms with Crippen LogP contribution in [0.4, 0.5) is 14.5 Å². The SMILES string of the molecule is COC(=O)c1ccc(NCCc2cc(F)ccc2F)cc1C(=O)OC. The van der Waals surface area contributed by atoms with Crippen molar-refractivity contribution < 1.29 is 27.8 Å². The summed E-state index contributed by atoms with van der Waals surface area (Å²) in [5.41, 5.74) is 0.907. The molecule has 0 aromatic heterocycles. The molecule has 0 fully saturated rings. The van der Waals surface area contributed by atoms with Gasteiger partial charge in [-0.1, -0.05) is 0 Å². The van der Waals surface area contributed by atoms with Gasteiger partial charge in [0.25, 0.3) is 0 Å².